The summed E-state index contributed by atoms with van der Waals surface area (Å²) in [6.07, 6.45) is 0. The van der Waals surface area contributed by atoms with Crippen LogP contribution < -0.4 is 0 Å². The Balaban J connectivity index is 0.000000166. The van der Waals surface area contributed by atoms with Crippen LogP contribution in [0.3, 0.4) is 0 Å². The van der Waals surface area contributed by atoms with Crippen molar-refractivity contribution in [2.45, 2.75) is 39.8 Å². The molecule has 0 saturated carbocycles. The van der Waals surface area contributed by atoms with Crippen molar-refractivity contribution >= 4 is 11.6 Å². The molecule has 4 aromatic rings. The quantitative estimate of drug-likeness (QED) is 0.492. The Hall–Kier alpha value is -3.13. The van der Waals surface area contributed by atoms with Gasteiger partial charge < -0.3 is 0 Å². The van der Waals surface area contributed by atoms with Crippen LogP contribution in [0.25, 0.3) is 22.8 Å². The average Bonchev–Trinajstić information content (AvgIpc) is 3.39. The second-order valence-electron chi connectivity index (χ2n) is 6.93. The van der Waals surface area contributed by atoms with E-state index in [1.807, 2.05) is 82.3 Å². The van der Waals surface area contributed by atoms with E-state index in [0.717, 1.165) is 11.1 Å². The largest absolute Gasteiger partial charge is 0.204 e. The van der Waals surface area contributed by atoms with Gasteiger partial charge >= 0.3 is 0 Å². The number of tetrazole rings is 2. The Morgan fingerprint density at radius 2 is 1.21 bits per heavy atom. The van der Waals surface area contributed by atoms with Gasteiger partial charge in [-0.15, -0.1) is 20.4 Å². The number of aromatic nitrogens is 8. The van der Waals surface area contributed by atoms with Crippen LogP contribution >= 0.6 is 11.6 Å². The molecule has 2 aromatic heterocycles. The van der Waals surface area contributed by atoms with E-state index in [1.54, 1.807) is 9.59 Å². The SMILES string of the molecule is CC(C)n1nnc(-c2cccc(Cl)c2)n1.CC(C)n1nnc(-c2ccccc2)n1. The van der Waals surface area contributed by atoms with Crippen LogP contribution in [0.4, 0.5) is 0 Å². The highest BCUT2D eigenvalue weighted by Crippen LogP contribution is 2.18. The molecule has 8 nitrogen and oxygen atoms in total. The van der Waals surface area contributed by atoms with Crippen molar-refractivity contribution in [2.24, 2.45) is 0 Å². The summed E-state index contributed by atoms with van der Waals surface area (Å²) < 4.78 is 0. The summed E-state index contributed by atoms with van der Waals surface area (Å²) in [5, 5.41) is 25.1. The van der Waals surface area contributed by atoms with Crippen LogP contribution in [0.15, 0.2) is 54.6 Å². The number of hydrogen-bond acceptors (Lipinski definition) is 6. The van der Waals surface area contributed by atoms with Gasteiger partial charge in [0.1, 0.15) is 0 Å². The molecule has 150 valence electrons. The van der Waals surface area contributed by atoms with Crippen LogP contribution in [-0.2, 0) is 0 Å². The highest BCUT2D eigenvalue weighted by molar-refractivity contribution is 6.30. The van der Waals surface area contributed by atoms with E-state index in [0.29, 0.717) is 16.7 Å². The summed E-state index contributed by atoms with van der Waals surface area (Å²) in [5.74, 6) is 1.28. The number of rotatable bonds is 4. The van der Waals surface area contributed by atoms with Gasteiger partial charge in [-0.3, -0.25) is 0 Å². The molecular weight excluding hydrogens is 388 g/mol. The highest BCUT2D eigenvalue weighted by Gasteiger charge is 2.08. The molecule has 9 heteroatoms. The molecule has 0 spiro atoms. The van der Waals surface area contributed by atoms with Gasteiger partial charge in [0.2, 0.25) is 11.6 Å². The molecule has 0 radical (unpaired) electrons. The Morgan fingerprint density at radius 3 is 1.69 bits per heavy atom. The minimum Gasteiger partial charge on any atom is -0.161 e. The summed E-state index contributed by atoms with van der Waals surface area (Å²) >= 11 is 5.88. The Labute approximate surface area is 174 Å². The molecule has 2 aromatic carbocycles. The summed E-state index contributed by atoms with van der Waals surface area (Å²) in [6, 6.07) is 17.7. The van der Waals surface area contributed by atoms with Gasteiger partial charge in [0.25, 0.3) is 0 Å². The maximum absolute atomic E-state index is 5.88. The van der Waals surface area contributed by atoms with Crippen LogP contribution in [0.2, 0.25) is 5.02 Å². The Kier molecular flexibility index (Phi) is 6.66. The average molecular weight is 411 g/mol. The first-order valence-corrected chi connectivity index (χ1v) is 9.72. The van der Waals surface area contributed by atoms with Gasteiger partial charge in [-0.2, -0.15) is 9.59 Å². The van der Waals surface area contributed by atoms with Crippen LogP contribution in [0.1, 0.15) is 39.8 Å². The second kappa shape index (κ2) is 9.38. The van der Waals surface area contributed by atoms with Crippen molar-refractivity contribution in [3.63, 3.8) is 0 Å². The van der Waals surface area contributed by atoms with E-state index in [1.165, 1.54) is 0 Å². The zero-order valence-corrected chi connectivity index (χ0v) is 17.6. The normalized spacial score (nSPS) is 10.9. The van der Waals surface area contributed by atoms with E-state index in [2.05, 4.69) is 30.8 Å². The fourth-order valence-corrected chi connectivity index (χ4v) is 2.52. The molecule has 0 atom stereocenters. The van der Waals surface area contributed by atoms with E-state index in [9.17, 15) is 0 Å². The van der Waals surface area contributed by atoms with Crippen molar-refractivity contribution in [3.05, 3.63) is 59.6 Å². The van der Waals surface area contributed by atoms with Crippen molar-refractivity contribution in [1.82, 2.24) is 40.4 Å². The van der Waals surface area contributed by atoms with Crippen molar-refractivity contribution < 1.29 is 0 Å². The van der Waals surface area contributed by atoms with Gasteiger partial charge in [-0.25, -0.2) is 0 Å². The zero-order chi connectivity index (χ0) is 20.8. The minimum atomic E-state index is 0.213. The molecule has 0 bridgehead atoms. The minimum absolute atomic E-state index is 0.213. The molecule has 0 amide bonds. The zero-order valence-electron chi connectivity index (χ0n) is 16.8. The standard InChI is InChI=1S/C10H11ClN4.C10H12N4/c1-7(2)15-13-10(12-14-15)8-4-3-5-9(11)6-8;1-8(2)14-12-10(11-13-14)9-6-4-3-5-7-9/h3-7H,1-2H3;3-8H,1-2H3. The maximum Gasteiger partial charge on any atom is 0.204 e. The van der Waals surface area contributed by atoms with E-state index in [-0.39, 0.29) is 12.1 Å². The molecule has 4 rings (SSSR count). The molecule has 0 saturated heterocycles. The molecule has 0 aliphatic heterocycles. The second-order valence-corrected chi connectivity index (χ2v) is 7.37. The number of hydrogen-bond donors (Lipinski definition) is 0. The van der Waals surface area contributed by atoms with Crippen molar-refractivity contribution in [2.75, 3.05) is 0 Å². The van der Waals surface area contributed by atoms with Gasteiger partial charge in [0.05, 0.1) is 12.1 Å². The number of halogens is 1. The van der Waals surface area contributed by atoms with E-state index < -0.39 is 0 Å². The smallest absolute Gasteiger partial charge is 0.161 e. The van der Waals surface area contributed by atoms with Gasteiger partial charge in [-0.05, 0) is 50.3 Å². The molecule has 0 fully saturated rings. The van der Waals surface area contributed by atoms with Gasteiger partial charge in [0, 0.05) is 16.1 Å². The fraction of sp³-hybridized carbons (Fsp3) is 0.300. The lowest BCUT2D eigenvalue weighted by atomic mass is 10.2. The molecule has 2 heterocycles. The lowest BCUT2D eigenvalue weighted by Gasteiger charge is -1.99. The number of nitrogens with zero attached hydrogens (tertiary/aromatic N) is 8. The van der Waals surface area contributed by atoms with E-state index in [4.69, 9.17) is 11.6 Å². The van der Waals surface area contributed by atoms with Crippen LogP contribution in [0.5, 0.6) is 0 Å². The first-order chi connectivity index (χ1) is 13.9. The summed E-state index contributed by atoms with van der Waals surface area (Å²) in [6.45, 7) is 8.06. The Bertz CT molecular complexity index is 1040. The monoisotopic (exact) mass is 410 g/mol. The predicted molar refractivity (Wildman–Crippen MR) is 112 cm³/mol. The molecular formula is C20H23ClN8. The lowest BCUT2D eigenvalue weighted by Crippen LogP contribution is -2.04. The third-order valence-corrected chi connectivity index (χ3v) is 4.13. The third-order valence-electron chi connectivity index (χ3n) is 3.90. The van der Waals surface area contributed by atoms with Crippen LogP contribution in [0, 0.1) is 0 Å². The summed E-state index contributed by atoms with van der Waals surface area (Å²) in [4.78, 5) is 3.19. The highest BCUT2D eigenvalue weighted by atomic mass is 35.5. The first kappa shape index (κ1) is 20.6. The van der Waals surface area contributed by atoms with Gasteiger partial charge in [-0.1, -0.05) is 54.1 Å². The predicted octanol–water partition coefficient (Wildman–Crippen LogP) is 4.50. The van der Waals surface area contributed by atoms with Crippen molar-refractivity contribution in [1.29, 1.82) is 0 Å². The third kappa shape index (κ3) is 5.45. The number of benzene rings is 2. The summed E-state index contributed by atoms with van der Waals surface area (Å²) in [5.41, 5.74) is 1.88. The van der Waals surface area contributed by atoms with Crippen molar-refractivity contribution in [3.8, 4) is 22.8 Å². The van der Waals surface area contributed by atoms with E-state index >= 15 is 0 Å². The lowest BCUT2D eigenvalue weighted by molar-refractivity contribution is 0.455. The topological polar surface area (TPSA) is 87.2 Å². The van der Waals surface area contributed by atoms with Crippen LogP contribution in [-0.4, -0.2) is 40.4 Å². The molecule has 0 aliphatic carbocycles. The summed E-state index contributed by atoms with van der Waals surface area (Å²) in [7, 11) is 0. The molecule has 0 aliphatic rings. The molecule has 29 heavy (non-hydrogen) atoms. The maximum atomic E-state index is 5.88. The molecule has 0 N–H and O–H groups in total. The molecule has 0 unspecified atom stereocenters. The first-order valence-electron chi connectivity index (χ1n) is 9.34. The fourth-order valence-electron chi connectivity index (χ4n) is 2.33. The van der Waals surface area contributed by atoms with Gasteiger partial charge in [0.15, 0.2) is 0 Å². The Morgan fingerprint density at radius 1 is 0.690 bits per heavy atom.